The summed E-state index contributed by atoms with van der Waals surface area (Å²) in [5.74, 6) is -0.595. The monoisotopic (exact) mass is 312 g/mol. The highest BCUT2D eigenvalue weighted by atomic mass is 16.5. The molecule has 1 amide bonds. The van der Waals surface area contributed by atoms with Crippen LogP contribution in [-0.2, 0) is 9.53 Å². The molecule has 2 N–H and O–H groups in total. The van der Waals surface area contributed by atoms with Crippen molar-refractivity contribution in [3.05, 3.63) is 59.7 Å². The van der Waals surface area contributed by atoms with Crippen molar-refractivity contribution < 1.29 is 14.3 Å². The molecule has 0 aliphatic carbocycles. The Labute approximate surface area is 135 Å². The molecular weight excluding hydrogens is 292 g/mol. The molecule has 2 aromatic rings. The zero-order valence-electron chi connectivity index (χ0n) is 13.3. The maximum absolute atomic E-state index is 12.0. The number of amides is 1. The third-order valence-electron chi connectivity index (χ3n) is 3.20. The molecule has 0 unspecified atom stereocenters. The van der Waals surface area contributed by atoms with Crippen molar-refractivity contribution in [3.63, 3.8) is 0 Å². The normalized spacial score (nSPS) is 10.0. The molecule has 0 saturated heterocycles. The lowest BCUT2D eigenvalue weighted by molar-refractivity contribution is -0.114. The number of anilines is 2. The lowest BCUT2D eigenvalue weighted by atomic mass is 10.2. The predicted octanol–water partition coefficient (Wildman–Crippen LogP) is 3.22. The van der Waals surface area contributed by atoms with E-state index in [1.165, 1.54) is 0 Å². The highest BCUT2D eigenvalue weighted by Crippen LogP contribution is 2.16. The van der Waals surface area contributed by atoms with Gasteiger partial charge in [-0.3, -0.25) is 4.79 Å². The number of hydrogen-bond acceptors (Lipinski definition) is 4. The molecule has 0 saturated carbocycles. The molecule has 2 rings (SSSR count). The van der Waals surface area contributed by atoms with Crippen LogP contribution in [0.4, 0.5) is 11.4 Å². The van der Waals surface area contributed by atoms with Gasteiger partial charge < -0.3 is 15.4 Å². The van der Waals surface area contributed by atoms with E-state index in [1.807, 2.05) is 31.2 Å². The van der Waals surface area contributed by atoms with E-state index in [0.29, 0.717) is 17.9 Å². The molecule has 2 aromatic carbocycles. The largest absolute Gasteiger partial charge is 0.462 e. The lowest BCUT2D eigenvalue weighted by Crippen LogP contribution is -2.22. The minimum absolute atomic E-state index is 0.0598. The Hall–Kier alpha value is -2.82. The Morgan fingerprint density at radius 2 is 1.74 bits per heavy atom. The number of carbonyl (C=O) groups excluding carboxylic acids is 2. The van der Waals surface area contributed by atoms with Crippen LogP contribution < -0.4 is 10.6 Å². The van der Waals surface area contributed by atoms with Crippen molar-refractivity contribution in [2.45, 2.75) is 13.8 Å². The van der Waals surface area contributed by atoms with Crippen molar-refractivity contribution in [2.75, 3.05) is 23.8 Å². The Morgan fingerprint density at radius 3 is 2.43 bits per heavy atom. The third-order valence-corrected chi connectivity index (χ3v) is 3.20. The van der Waals surface area contributed by atoms with Gasteiger partial charge in [0.25, 0.3) is 0 Å². The molecule has 0 aromatic heterocycles. The van der Waals surface area contributed by atoms with Gasteiger partial charge in [-0.25, -0.2) is 4.79 Å². The van der Waals surface area contributed by atoms with Gasteiger partial charge in [-0.05, 0) is 38.1 Å². The summed E-state index contributed by atoms with van der Waals surface area (Å²) in [6, 6.07) is 14.5. The van der Waals surface area contributed by atoms with E-state index in [2.05, 4.69) is 10.6 Å². The summed E-state index contributed by atoms with van der Waals surface area (Å²) in [6.07, 6.45) is 0. The van der Waals surface area contributed by atoms with E-state index < -0.39 is 5.97 Å². The number of esters is 1. The van der Waals surface area contributed by atoms with Gasteiger partial charge in [-0.15, -0.1) is 0 Å². The first-order valence-corrected chi connectivity index (χ1v) is 7.46. The smallest absolute Gasteiger partial charge is 0.340 e. The number of aryl methyl sites for hydroxylation is 1. The first-order valence-electron chi connectivity index (χ1n) is 7.46. The van der Waals surface area contributed by atoms with Gasteiger partial charge in [0.15, 0.2) is 0 Å². The van der Waals surface area contributed by atoms with E-state index >= 15 is 0 Å². The van der Waals surface area contributed by atoms with Gasteiger partial charge in [0.2, 0.25) is 5.91 Å². The fourth-order valence-electron chi connectivity index (χ4n) is 2.04. The second kappa shape index (κ2) is 7.98. The van der Waals surface area contributed by atoms with Crippen LogP contribution in [0.25, 0.3) is 0 Å². The molecule has 0 bridgehead atoms. The topological polar surface area (TPSA) is 67.4 Å². The molecular formula is C18H20N2O3. The molecule has 5 heteroatoms. The van der Waals surface area contributed by atoms with E-state index in [1.54, 1.807) is 31.2 Å². The molecule has 120 valence electrons. The van der Waals surface area contributed by atoms with Crippen LogP contribution in [-0.4, -0.2) is 25.0 Å². The number of rotatable bonds is 6. The summed E-state index contributed by atoms with van der Waals surface area (Å²) in [5.41, 5.74) is 2.85. The molecule has 0 fully saturated rings. The van der Waals surface area contributed by atoms with E-state index in [-0.39, 0.29) is 12.5 Å². The number of benzene rings is 2. The van der Waals surface area contributed by atoms with Crippen molar-refractivity contribution in [2.24, 2.45) is 0 Å². The fourth-order valence-corrected chi connectivity index (χ4v) is 2.04. The third kappa shape index (κ3) is 4.85. The molecule has 0 radical (unpaired) electrons. The Morgan fingerprint density at radius 1 is 1.04 bits per heavy atom. The zero-order valence-corrected chi connectivity index (χ0v) is 13.3. The zero-order chi connectivity index (χ0) is 16.7. The second-order valence-electron chi connectivity index (χ2n) is 5.03. The van der Waals surface area contributed by atoms with Crippen molar-refractivity contribution >= 4 is 23.3 Å². The summed E-state index contributed by atoms with van der Waals surface area (Å²) in [6.45, 7) is 4.10. The number of carbonyl (C=O) groups is 2. The standard InChI is InChI=1S/C18H20N2O3/c1-3-23-18(22)15-6-4-5-7-16(15)19-12-17(21)20-14-10-8-13(2)9-11-14/h4-11,19H,3,12H2,1-2H3,(H,20,21). The number of para-hydroxylation sites is 1. The highest BCUT2D eigenvalue weighted by Gasteiger charge is 2.12. The Balaban J connectivity index is 1.96. The Kier molecular flexibility index (Phi) is 5.74. The fraction of sp³-hybridized carbons (Fsp3) is 0.222. The SMILES string of the molecule is CCOC(=O)c1ccccc1NCC(=O)Nc1ccc(C)cc1. The molecule has 0 aliphatic heterocycles. The van der Waals surface area contributed by atoms with E-state index in [9.17, 15) is 9.59 Å². The average Bonchev–Trinajstić information content (AvgIpc) is 2.55. The summed E-state index contributed by atoms with van der Waals surface area (Å²) >= 11 is 0. The van der Waals surface area contributed by atoms with Crippen molar-refractivity contribution in [3.8, 4) is 0 Å². The molecule has 0 spiro atoms. The summed E-state index contributed by atoms with van der Waals surface area (Å²) < 4.78 is 5.00. The summed E-state index contributed by atoms with van der Waals surface area (Å²) in [5, 5.41) is 5.77. The van der Waals surface area contributed by atoms with Gasteiger partial charge in [0.05, 0.1) is 18.7 Å². The molecule has 0 aliphatic rings. The van der Waals surface area contributed by atoms with Crippen molar-refractivity contribution in [1.82, 2.24) is 0 Å². The van der Waals surface area contributed by atoms with Gasteiger partial charge in [0.1, 0.15) is 0 Å². The molecule has 23 heavy (non-hydrogen) atoms. The average molecular weight is 312 g/mol. The molecule has 0 heterocycles. The minimum atomic E-state index is -0.408. The Bertz CT molecular complexity index is 681. The predicted molar refractivity (Wildman–Crippen MR) is 90.7 cm³/mol. The van der Waals surface area contributed by atoms with E-state index in [4.69, 9.17) is 4.74 Å². The van der Waals surface area contributed by atoms with Gasteiger partial charge in [-0.2, -0.15) is 0 Å². The minimum Gasteiger partial charge on any atom is -0.462 e. The first kappa shape index (κ1) is 16.5. The van der Waals surface area contributed by atoms with Gasteiger partial charge >= 0.3 is 5.97 Å². The van der Waals surface area contributed by atoms with Crippen LogP contribution in [0.1, 0.15) is 22.8 Å². The molecule has 5 nitrogen and oxygen atoms in total. The summed E-state index contributed by atoms with van der Waals surface area (Å²) in [4.78, 5) is 23.9. The maximum Gasteiger partial charge on any atom is 0.340 e. The van der Waals surface area contributed by atoms with Gasteiger partial charge in [0, 0.05) is 11.4 Å². The molecule has 0 atom stereocenters. The van der Waals surface area contributed by atoms with Crippen LogP contribution in [0.5, 0.6) is 0 Å². The van der Waals surface area contributed by atoms with Crippen LogP contribution >= 0.6 is 0 Å². The first-order chi connectivity index (χ1) is 11.1. The quantitative estimate of drug-likeness (QED) is 0.804. The number of nitrogens with one attached hydrogen (secondary N) is 2. The van der Waals surface area contributed by atoms with Gasteiger partial charge in [-0.1, -0.05) is 29.8 Å². The second-order valence-corrected chi connectivity index (χ2v) is 5.03. The lowest BCUT2D eigenvalue weighted by Gasteiger charge is -2.11. The van der Waals surface area contributed by atoms with Crippen LogP contribution in [0.2, 0.25) is 0 Å². The van der Waals surface area contributed by atoms with Crippen LogP contribution in [0, 0.1) is 6.92 Å². The van der Waals surface area contributed by atoms with E-state index in [0.717, 1.165) is 11.3 Å². The maximum atomic E-state index is 12.0. The number of hydrogen-bond donors (Lipinski definition) is 2. The van der Waals surface area contributed by atoms with Crippen molar-refractivity contribution in [1.29, 1.82) is 0 Å². The van der Waals surface area contributed by atoms with Crippen LogP contribution in [0.3, 0.4) is 0 Å². The number of ether oxygens (including phenoxy) is 1. The highest BCUT2D eigenvalue weighted by molar-refractivity contribution is 5.98. The summed E-state index contributed by atoms with van der Waals surface area (Å²) in [7, 11) is 0. The van der Waals surface area contributed by atoms with Crippen LogP contribution in [0.15, 0.2) is 48.5 Å².